The van der Waals surface area contributed by atoms with Gasteiger partial charge in [-0.3, -0.25) is 0 Å². The minimum absolute atomic E-state index is 0.713. The number of nitrogens with one attached hydrogen (secondary N) is 1. The molecule has 0 atom stereocenters. The first-order valence-electron chi connectivity index (χ1n) is 6.09. The minimum atomic E-state index is 0.713. The van der Waals surface area contributed by atoms with Crippen molar-refractivity contribution in [3.05, 3.63) is 38.6 Å². The van der Waals surface area contributed by atoms with Gasteiger partial charge in [0.05, 0.1) is 18.4 Å². The van der Waals surface area contributed by atoms with Gasteiger partial charge in [0, 0.05) is 22.8 Å². The average molecular weight is 371 g/mol. The number of hydrogen-bond acceptors (Lipinski definition) is 3. The number of ether oxygens (including phenoxy) is 1. The van der Waals surface area contributed by atoms with Crippen molar-refractivity contribution < 1.29 is 4.74 Å². The number of nitrogens with zero attached hydrogens (tertiary/aromatic N) is 2. The first kappa shape index (κ1) is 14.2. The molecule has 1 aromatic carbocycles. The Morgan fingerprint density at radius 1 is 1.37 bits per heavy atom. The van der Waals surface area contributed by atoms with Crippen molar-refractivity contribution in [3.63, 3.8) is 0 Å². The number of benzene rings is 1. The molecule has 0 aliphatic carbocycles. The second-order valence-corrected chi connectivity index (χ2v) is 5.76. The molecule has 5 heteroatoms. The first-order chi connectivity index (χ1) is 9.02. The molecule has 2 aromatic rings. The Hall–Kier alpha value is -1.24. The highest BCUT2D eigenvalue weighted by molar-refractivity contribution is 14.1. The number of aryl methyl sites for hydroxylation is 3. The Labute approximate surface area is 127 Å². The number of halogens is 1. The van der Waals surface area contributed by atoms with Crippen LogP contribution in [-0.2, 0) is 13.6 Å². The summed E-state index contributed by atoms with van der Waals surface area (Å²) < 4.78 is 8.41. The summed E-state index contributed by atoms with van der Waals surface area (Å²) >= 11 is 2.32. The summed E-state index contributed by atoms with van der Waals surface area (Å²) in [6.45, 7) is 4.82. The largest absolute Gasteiger partial charge is 0.481 e. The van der Waals surface area contributed by atoms with Crippen LogP contribution in [0.3, 0.4) is 0 Å². The number of anilines is 1. The molecule has 102 valence electrons. The fourth-order valence-corrected chi connectivity index (χ4v) is 2.80. The van der Waals surface area contributed by atoms with Gasteiger partial charge in [0.15, 0.2) is 0 Å². The van der Waals surface area contributed by atoms with E-state index in [-0.39, 0.29) is 0 Å². The van der Waals surface area contributed by atoms with Crippen molar-refractivity contribution in [2.45, 2.75) is 20.4 Å². The van der Waals surface area contributed by atoms with E-state index < -0.39 is 0 Å². The summed E-state index contributed by atoms with van der Waals surface area (Å²) in [6.07, 6.45) is 0. The molecule has 1 N–H and O–H groups in total. The maximum absolute atomic E-state index is 5.39. The molecule has 0 amide bonds. The van der Waals surface area contributed by atoms with Gasteiger partial charge in [-0.1, -0.05) is 0 Å². The highest BCUT2D eigenvalue weighted by Crippen LogP contribution is 2.24. The maximum Gasteiger partial charge on any atom is 0.216 e. The Balaban J connectivity index is 2.19. The van der Waals surface area contributed by atoms with Crippen LogP contribution < -0.4 is 10.1 Å². The molecule has 0 aliphatic heterocycles. The third kappa shape index (κ3) is 3.02. The van der Waals surface area contributed by atoms with Gasteiger partial charge in [-0.2, -0.15) is 5.10 Å². The number of aromatic nitrogens is 2. The van der Waals surface area contributed by atoms with Gasteiger partial charge in [-0.25, -0.2) is 4.68 Å². The van der Waals surface area contributed by atoms with E-state index in [2.05, 4.69) is 58.1 Å². The van der Waals surface area contributed by atoms with E-state index in [0.717, 1.165) is 22.8 Å². The average Bonchev–Trinajstić information content (AvgIpc) is 2.62. The van der Waals surface area contributed by atoms with Gasteiger partial charge in [0.1, 0.15) is 0 Å². The third-order valence-electron chi connectivity index (χ3n) is 3.13. The van der Waals surface area contributed by atoms with E-state index in [1.54, 1.807) is 11.8 Å². The molecular weight excluding hydrogens is 353 g/mol. The highest BCUT2D eigenvalue weighted by Gasteiger charge is 2.13. The Morgan fingerprint density at radius 3 is 2.74 bits per heavy atom. The lowest BCUT2D eigenvalue weighted by atomic mass is 10.2. The van der Waals surface area contributed by atoms with E-state index in [1.807, 2.05) is 14.0 Å². The van der Waals surface area contributed by atoms with Gasteiger partial charge < -0.3 is 10.1 Å². The summed E-state index contributed by atoms with van der Waals surface area (Å²) in [7, 11) is 3.57. The minimum Gasteiger partial charge on any atom is -0.481 e. The SMILES string of the molecule is COc1c(CNc2ccc(I)cc2C)c(C)nn1C. The Bertz CT molecular complexity index is 593. The maximum atomic E-state index is 5.39. The van der Waals surface area contributed by atoms with Crippen LogP contribution in [0.4, 0.5) is 5.69 Å². The predicted octanol–water partition coefficient (Wildman–Crippen LogP) is 3.26. The highest BCUT2D eigenvalue weighted by atomic mass is 127. The van der Waals surface area contributed by atoms with E-state index in [1.165, 1.54) is 9.13 Å². The summed E-state index contributed by atoms with van der Waals surface area (Å²) in [5.41, 5.74) is 4.48. The molecule has 0 bridgehead atoms. The second-order valence-electron chi connectivity index (χ2n) is 4.51. The van der Waals surface area contributed by atoms with E-state index in [4.69, 9.17) is 4.74 Å². The molecule has 4 nitrogen and oxygen atoms in total. The van der Waals surface area contributed by atoms with Crippen LogP contribution in [0.5, 0.6) is 5.88 Å². The van der Waals surface area contributed by atoms with Crippen LogP contribution in [0.15, 0.2) is 18.2 Å². The van der Waals surface area contributed by atoms with Crippen molar-refractivity contribution in [2.75, 3.05) is 12.4 Å². The standard InChI is InChI=1S/C14H18IN3O/c1-9-7-11(15)5-6-13(9)16-8-12-10(2)17-18(3)14(12)19-4/h5-7,16H,8H2,1-4H3. The lowest BCUT2D eigenvalue weighted by Gasteiger charge is -2.11. The van der Waals surface area contributed by atoms with Crippen LogP contribution in [0, 0.1) is 17.4 Å². The zero-order chi connectivity index (χ0) is 14.0. The zero-order valence-electron chi connectivity index (χ0n) is 11.6. The van der Waals surface area contributed by atoms with Crippen molar-refractivity contribution in [2.24, 2.45) is 7.05 Å². The van der Waals surface area contributed by atoms with Crippen molar-refractivity contribution in [1.29, 1.82) is 0 Å². The summed E-state index contributed by atoms with van der Waals surface area (Å²) in [6, 6.07) is 6.37. The third-order valence-corrected chi connectivity index (χ3v) is 3.80. The predicted molar refractivity (Wildman–Crippen MR) is 85.7 cm³/mol. The molecule has 0 spiro atoms. The Kier molecular flexibility index (Phi) is 4.34. The molecule has 0 saturated carbocycles. The lowest BCUT2D eigenvalue weighted by Crippen LogP contribution is -2.04. The molecule has 0 radical (unpaired) electrons. The van der Waals surface area contributed by atoms with Gasteiger partial charge in [-0.15, -0.1) is 0 Å². The van der Waals surface area contributed by atoms with Crippen molar-refractivity contribution in [1.82, 2.24) is 9.78 Å². The lowest BCUT2D eigenvalue weighted by molar-refractivity contribution is 0.370. The van der Waals surface area contributed by atoms with Crippen LogP contribution in [0.25, 0.3) is 0 Å². The fourth-order valence-electron chi connectivity index (χ4n) is 2.15. The monoisotopic (exact) mass is 371 g/mol. The van der Waals surface area contributed by atoms with Gasteiger partial charge in [0.2, 0.25) is 5.88 Å². The molecule has 0 aliphatic rings. The number of hydrogen-bond donors (Lipinski definition) is 1. The van der Waals surface area contributed by atoms with Crippen LogP contribution in [-0.4, -0.2) is 16.9 Å². The molecule has 0 saturated heterocycles. The van der Waals surface area contributed by atoms with Crippen molar-refractivity contribution in [3.8, 4) is 5.88 Å². The Morgan fingerprint density at radius 2 is 2.11 bits per heavy atom. The quantitative estimate of drug-likeness (QED) is 0.839. The molecule has 1 aromatic heterocycles. The number of methoxy groups -OCH3 is 1. The molecular formula is C14H18IN3O. The van der Waals surface area contributed by atoms with E-state index in [9.17, 15) is 0 Å². The first-order valence-corrected chi connectivity index (χ1v) is 7.17. The zero-order valence-corrected chi connectivity index (χ0v) is 13.8. The summed E-state index contributed by atoms with van der Waals surface area (Å²) in [5, 5.41) is 7.83. The van der Waals surface area contributed by atoms with Gasteiger partial charge in [0.25, 0.3) is 0 Å². The fraction of sp³-hybridized carbons (Fsp3) is 0.357. The van der Waals surface area contributed by atoms with Crippen LogP contribution in [0.1, 0.15) is 16.8 Å². The van der Waals surface area contributed by atoms with Gasteiger partial charge >= 0.3 is 0 Å². The smallest absolute Gasteiger partial charge is 0.216 e. The molecule has 19 heavy (non-hydrogen) atoms. The van der Waals surface area contributed by atoms with Crippen LogP contribution >= 0.6 is 22.6 Å². The van der Waals surface area contributed by atoms with Gasteiger partial charge in [-0.05, 0) is 60.2 Å². The second kappa shape index (κ2) is 5.81. The van der Waals surface area contributed by atoms with E-state index >= 15 is 0 Å². The van der Waals surface area contributed by atoms with Crippen molar-refractivity contribution >= 4 is 28.3 Å². The molecule has 2 rings (SSSR count). The summed E-state index contributed by atoms with van der Waals surface area (Å²) in [5.74, 6) is 0.813. The van der Waals surface area contributed by atoms with Crippen LogP contribution in [0.2, 0.25) is 0 Å². The number of rotatable bonds is 4. The summed E-state index contributed by atoms with van der Waals surface area (Å²) in [4.78, 5) is 0. The normalized spacial score (nSPS) is 10.6. The van der Waals surface area contributed by atoms with E-state index in [0.29, 0.717) is 6.54 Å². The molecule has 1 heterocycles. The molecule has 0 fully saturated rings. The topological polar surface area (TPSA) is 39.1 Å². The molecule has 0 unspecified atom stereocenters.